The standard InChI is InChI=1S/C12H15ClN2O/c1-2-3-10(16)8-15-12-5-4-9(7-14)6-11(12)13/h4-6,10,15-16H,2-3,8H2,1H3. The molecule has 0 spiro atoms. The molecule has 0 amide bonds. The molecule has 4 heteroatoms. The van der Waals surface area contributed by atoms with Gasteiger partial charge in [0.2, 0.25) is 0 Å². The van der Waals surface area contributed by atoms with Gasteiger partial charge in [-0.2, -0.15) is 5.26 Å². The molecule has 16 heavy (non-hydrogen) atoms. The Bertz CT molecular complexity index is 387. The van der Waals surface area contributed by atoms with Crippen molar-refractivity contribution in [1.29, 1.82) is 5.26 Å². The van der Waals surface area contributed by atoms with E-state index >= 15 is 0 Å². The largest absolute Gasteiger partial charge is 0.391 e. The number of nitriles is 1. The van der Waals surface area contributed by atoms with Crippen LogP contribution in [0.3, 0.4) is 0 Å². The summed E-state index contributed by atoms with van der Waals surface area (Å²) in [6.07, 6.45) is 1.35. The highest BCUT2D eigenvalue weighted by Gasteiger charge is 2.05. The van der Waals surface area contributed by atoms with Crippen LogP contribution in [0.1, 0.15) is 25.3 Å². The molecule has 0 fully saturated rings. The lowest BCUT2D eigenvalue weighted by Gasteiger charge is -2.12. The summed E-state index contributed by atoms with van der Waals surface area (Å²) < 4.78 is 0. The molecular formula is C12H15ClN2O. The van der Waals surface area contributed by atoms with Gasteiger partial charge >= 0.3 is 0 Å². The summed E-state index contributed by atoms with van der Waals surface area (Å²) in [6.45, 7) is 2.50. The molecule has 3 nitrogen and oxygen atoms in total. The molecule has 86 valence electrons. The molecule has 1 unspecified atom stereocenters. The fourth-order valence-electron chi connectivity index (χ4n) is 1.39. The number of nitrogens with zero attached hydrogens (tertiary/aromatic N) is 1. The van der Waals surface area contributed by atoms with Crippen LogP contribution in [0, 0.1) is 11.3 Å². The number of hydrogen-bond acceptors (Lipinski definition) is 3. The van der Waals surface area contributed by atoms with Crippen molar-refractivity contribution in [1.82, 2.24) is 0 Å². The minimum Gasteiger partial charge on any atom is -0.391 e. The molecule has 0 aromatic heterocycles. The highest BCUT2D eigenvalue weighted by molar-refractivity contribution is 6.33. The van der Waals surface area contributed by atoms with Crippen LogP contribution in [-0.2, 0) is 0 Å². The maximum atomic E-state index is 9.54. The topological polar surface area (TPSA) is 56.0 Å². The van der Waals surface area contributed by atoms with Gasteiger partial charge in [0.05, 0.1) is 28.4 Å². The van der Waals surface area contributed by atoms with Crippen molar-refractivity contribution in [2.24, 2.45) is 0 Å². The third-order valence-electron chi connectivity index (χ3n) is 2.25. The summed E-state index contributed by atoms with van der Waals surface area (Å²) in [5.41, 5.74) is 1.28. The minimum absolute atomic E-state index is 0.364. The summed E-state index contributed by atoms with van der Waals surface area (Å²) >= 11 is 5.97. The number of benzene rings is 1. The van der Waals surface area contributed by atoms with Crippen molar-refractivity contribution in [3.05, 3.63) is 28.8 Å². The first-order valence-electron chi connectivity index (χ1n) is 5.29. The third-order valence-corrected chi connectivity index (χ3v) is 2.56. The zero-order valence-corrected chi connectivity index (χ0v) is 9.96. The van der Waals surface area contributed by atoms with E-state index in [1.807, 2.05) is 13.0 Å². The van der Waals surface area contributed by atoms with E-state index in [-0.39, 0.29) is 6.10 Å². The number of aliphatic hydroxyl groups is 1. The molecule has 0 aliphatic heterocycles. The van der Waals surface area contributed by atoms with Gasteiger partial charge in [0.1, 0.15) is 0 Å². The molecule has 0 radical (unpaired) electrons. The van der Waals surface area contributed by atoms with Crippen molar-refractivity contribution in [2.45, 2.75) is 25.9 Å². The molecule has 1 rings (SSSR count). The fourth-order valence-corrected chi connectivity index (χ4v) is 1.64. The van der Waals surface area contributed by atoms with Gasteiger partial charge < -0.3 is 10.4 Å². The zero-order valence-electron chi connectivity index (χ0n) is 9.20. The van der Waals surface area contributed by atoms with E-state index < -0.39 is 0 Å². The van der Waals surface area contributed by atoms with Crippen molar-refractivity contribution in [3.63, 3.8) is 0 Å². The second-order valence-electron chi connectivity index (χ2n) is 3.63. The van der Waals surface area contributed by atoms with E-state index in [2.05, 4.69) is 5.32 Å². The van der Waals surface area contributed by atoms with Gasteiger partial charge in [-0.05, 0) is 24.6 Å². The maximum absolute atomic E-state index is 9.54. The summed E-state index contributed by atoms with van der Waals surface area (Å²) in [4.78, 5) is 0. The summed E-state index contributed by atoms with van der Waals surface area (Å²) in [7, 11) is 0. The first kappa shape index (κ1) is 12.8. The Morgan fingerprint density at radius 3 is 2.88 bits per heavy atom. The number of hydrogen-bond donors (Lipinski definition) is 2. The highest BCUT2D eigenvalue weighted by atomic mass is 35.5. The fraction of sp³-hybridized carbons (Fsp3) is 0.417. The van der Waals surface area contributed by atoms with Crippen molar-refractivity contribution < 1.29 is 5.11 Å². The Morgan fingerprint density at radius 1 is 1.56 bits per heavy atom. The normalized spacial score (nSPS) is 11.9. The van der Waals surface area contributed by atoms with Crippen LogP contribution in [0.2, 0.25) is 5.02 Å². The van der Waals surface area contributed by atoms with Crippen LogP contribution in [0.4, 0.5) is 5.69 Å². The molecule has 1 aromatic rings. The number of halogens is 1. The molecule has 0 aliphatic carbocycles. The molecule has 1 aromatic carbocycles. The van der Waals surface area contributed by atoms with E-state index in [9.17, 15) is 5.11 Å². The Labute approximate surface area is 101 Å². The number of rotatable bonds is 5. The van der Waals surface area contributed by atoms with Gasteiger partial charge in [0.15, 0.2) is 0 Å². The lowest BCUT2D eigenvalue weighted by molar-refractivity contribution is 0.176. The second-order valence-corrected chi connectivity index (χ2v) is 4.04. The molecule has 0 aliphatic rings. The lowest BCUT2D eigenvalue weighted by atomic mass is 10.2. The average Bonchev–Trinajstić information content (AvgIpc) is 2.27. The van der Waals surface area contributed by atoms with Crippen molar-refractivity contribution >= 4 is 17.3 Å². The van der Waals surface area contributed by atoms with Crippen molar-refractivity contribution in [3.8, 4) is 6.07 Å². The minimum atomic E-state index is -0.364. The SMILES string of the molecule is CCCC(O)CNc1ccc(C#N)cc1Cl. The first-order valence-corrected chi connectivity index (χ1v) is 5.66. The lowest BCUT2D eigenvalue weighted by Crippen LogP contribution is -2.19. The van der Waals surface area contributed by atoms with Crippen LogP contribution in [-0.4, -0.2) is 17.8 Å². The molecule has 0 heterocycles. The zero-order chi connectivity index (χ0) is 12.0. The second kappa shape index (κ2) is 6.37. The van der Waals surface area contributed by atoms with Crippen LogP contribution >= 0.6 is 11.6 Å². The van der Waals surface area contributed by atoms with E-state index in [0.717, 1.165) is 18.5 Å². The van der Waals surface area contributed by atoms with Crippen LogP contribution in [0.5, 0.6) is 0 Å². The predicted octanol–water partition coefficient (Wildman–Crippen LogP) is 2.78. The molecule has 1 atom stereocenters. The molecule has 2 N–H and O–H groups in total. The quantitative estimate of drug-likeness (QED) is 0.830. The third kappa shape index (κ3) is 3.73. The molecular weight excluding hydrogens is 224 g/mol. The van der Waals surface area contributed by atoms with E-state index in [0.29, 0.717) is 17.1 Å². The van der Waals surface area contributed by atoms with Crippen LogP contribution in [0.15, 0.2) is 18.2 Å². The monoisotopic (exact) mass is 238 g/mol. The summed E-state index contributed by atoms with van der Waals surface area (Å²) in [5.74, 6) is 0. The van der Waals surface area contributed by atoms with Gasteiger partial charge in [0, 0.05) is 6.54 Å². The molecule has 0 saturated carbocycles. The van der Waals surface area contributed by atoms with E-state index in [1.165, 1.54) is 0 Å². The summed E-state index contributed by atoms with van der Waals surface area (Å²) in [5, 5.41) is 21.8. The average molecular weight is 239 g/mol. The first-order chi connectivity index (χ1) is 7.67. The Hall–Kier alpha value is -1.24. The molecule has 0 saturated heterocycles. The van der Waals surface area contributed by atoms with Gasteiger partial charge in [0.25, 0.3) is 0 Å². The van der Waals surface area contributed by atoms with Crippen LogP contribution in [0.25, 0.3) is 0 Å². The Kier molecular flexibility index (Phi) is 5.10. The van der Waals surface area contributed by atoms with Gasteiger partial charge in [-0.25, -0.2) is 0 Å². The Balaban J connectivity index is 2.58. The number of anilines is 1. The van der Waals surface area contributed by atoms with Gasteiger partial charge in [-0.15, -0.1) is 0 Å². The van der Waals surface area contributed by atoms with E-state index in [4.69, 9.17) is 16.9 Å². The summed E-state index contributed by atoms with van der Waals surface area (Å²) in [6, 6.07) is 7.07. The Morgan fingerprint density at radius 2 is 2.31 bits per heavy atom. The van der Waals surface area contributed by atoms with Crippen molar-refractivity contribution in [2.75, 3.05) is 11.9 Å². The number of nitrogens with one attached hydrogen (secondary N) is 1. The predicted molar refractivity (Wildman–Crippen MR) is 65.6 cm³/mol. The van der Waals surface area contributed by atoms with Gasteiger partial charge in [-0.3, -0.25) is 0 Å². The van der Waals surface area contributed by atoms with E-state index in [1.54, 1.807) is 18.2 Å². The highest BCUT2D eigenvalue weighted by Crippen LogP contribution is 2.22. The number of aliphatic hydroxyl groups excluding tert-OH is 1. The maximum Gasteiger partial charge on any atom is 0.0992 e. The smallest absolute Gasteiger partial charge is 0.0992 e. The van der Waals surface area contributed by atoms with Gasteiger partial charge in [-0.1, -0.05) is 24.9 Å². The molecule has 0 bridgehead atoms. The van der Waals surface area contributed by atoms with Crippen LogP contribution < -0.4 is 5.32 Å².